The molecule has 2 nitrogen and oxygen atoms in total. The molecule has 0 spiro atoms. The van der Waals surface area contributed by atoms with Crippen molar-refractivity contribution in [2.45, 2.75) is 26.8 Å². The van der Waals surface area contributed by atoms with E-state index in [-0.39, 0.29) is 0 Å². The zero-order chi connectivity index (χ0) is 11.5. The van der Waals surface area contributed by atoms with Gasteiger partial charge < -0.3 is 9.30 Å². The molecule has 0 radical (unpaired) electrons. The van der Waals surface area contributed by atoms with Gasteiger partial charge in [0.05, 0.1) is 6.61 Å². The lowest BCUT2D eigenvalue weighted by Gasteiger charge is -2.07. The molecule has 0 fully saturated rings. The van der Waals surface area contributed by atoms with Crippen molar-refractivity contribution in [1.29, 1.82) is 0 Å². The van der Waals surface area contributed by atoms with Crippen LogP contribution < -0.4 is 0 Å². The fourth-order valence-electron chi connectivity index (χ4n) is 2.42. The van der Waals surface area contributed by atoms with Crippen LogP contribution >= 0.6 is 0 Å². The number of fused-ring (bicyclic) bond motifs is 1. The fourth-order valence-corrected chi connectivity index (χ4v) is 2.42. The standard InChI is InChI=1S/C14H19NO/c1-4-12-11(2)15(9-10-16-3)14-8-6-5-7-13(12)14/h5-8H,4,9-10H2,1-3H3. The van der Waals surface area contributed by atoms with Crippen LogP contribution in [0.4, 0.5) is 0 Å². The van der Waals surface area contributed by atoms with Crippen LogP contribution in [0.25, 0.3) is 10.9 Å². The number of rotatable bonds is 4. The minimum Gasteiger partial charge on any atom is -0.383 e. The number of methoxy groups -OCH3 is 1. The van der Waals surface area contributed by atoms with Crippen LogP contribution in [0.1, 0.15) is 18.2 Å². The van der Waals surface area contributed by atoms with Gasteiger partial charge in [0.2, 0.25) is 0 Å². The summed E-state index contributed by atoms with van der Waals surface area (Å²) in [5.41, 5.74) is 4.17. The van der Waals surface area contributed by atoms with E-state index >= 15 is 0 Å². The molecule has 0 amide bonds. The highest BCUT2D eigenvalue weighted by Crippen LogP contribution is 2.25. The van der Waals surface area contributed by atoms with Crippen molar-refractivity contribution in [2.75, 3.05) is 13.7 Å². The Morgan fingerprint density at radius 2 is 2.00 bits per heavy atom. The van der Waals surface area contributed by atoms with Crippen LogP contribution in [0.2, 0.25) is 0 Å². The Labute approximate surface area is 96.8 Å². The molecule has 86 valence electrons. The van der Waals surface area contributed by atoms with Gasteiger partial charge >= 0.3 is 0 Å². The molecule has 0 aliphatic heterocycles. The Hall–Kier alpha value is -1.28. The maximum Gasteiger partial charge on any atom is 0.0642 e. The molecule has 2 rings (SSSR count). The highest BCUT2D eigenvalue weighted by Gasteiger charge is 2.11. The van der Waals surface area contributed by atoms with Gasteiger partial charge in [0.25, 0.3) is 0 Å². The van der Waals surface area contributed by atoms with E-state index < -0.39 is 0 Å². The molecule has 0 saturated heterocycles. The summed E-state index contributed by atoms with van der Waals surface area (Å²) in [6.07, 6.45) is 1.09. The second kappa shape index (κ2) is 4.71. The van der Waals surface area contributed by atoms with Gasteiger partial charge in [0.15, 0.2) is 0 Å². The van der Waals surface area contributed by atoms with Gasteiger partial charge in [0, 0.05) is 30.3 Å². The molecule has 2 heteroatoms. The number of aromatic nitrogens is 1. The van der Waals surface area contributed by atoms with Crippen LogP contribution in [0.15, 0.2) is 24.3 Å². The average Bonchev–Trinajstić information content (AvgIpc) is 2.58. The quantitative estimate of drug-likeness (QED) is 0.767. The lowest BCUT2D eigenvalue weighted by atomic mass is 10.1. The van der Waals surface area contributed by atoms with E-state index in [1.807, 2.05) is 0 Å². The topological polar surface area (TPSA) is 14.2 Å². The van der Waals surface area contributed by atoms with Crippen LogP contribution in [0.3, 0.4) is 0 Å². The summed E-state index contributed by atoms with van der Waals surface area (Å²) in [5.74, 6) is 0. The van der Waals surface area contributed by atoms with Crippen molar-refractivity contribution in [3.8, 4) is 0 Å². The van der Waals surface area contributed by atoms with E-state index in [0.29, 0.717) is 0 Å². The Kier molecular flexibility index (Phi) is 3.30. The van der Waals surface area contributed by atoms with Gasteiger partial charge in [-0.1, -0.05) is 25.1 Å². The largest absolute Gasteiger partial charge is 0.383 e. The number of hydrogen-bond donors (Lipinski definition) is 0. The summed E-state index contributed by atoms with van der Waals surface area (Å²) in [6.45, 7) is 6.12. The molecule has 16 heavy (non-hydrogen) atoms. The van der Waals surface area contributed by atoms with E-state index in [0.717, 1.165) is 19.6 Å². The summed E-state index contributed by atoms with van der Waals surface area (Å²) in [7, 11) is 1.75. The first-order chi connectivity index (χ1) is 7.79. The van der Waals surface area contributed by atoms with E-state index in [1.165, 1.54) is 22.2 Å². The van der Waals surface area contributed by atoms with Gasteiger partial charge in [-0.25, -0.2) is 0 Å². The highest BCUT2D eigenvalue weighted by molar-refractivity contribution is 5.85. The van der Waals surface area contributed by atoms with Crippen molar-refractivity contribution in [3.05, 3.63) is 35.5 Å². The van der Waals surface area contributed by atoms with Crippen LogP contribution in [0, 0.1) is 6.92 Å². The Bertz CT molecular complexity index is 485. The minimum absolute atomic E-state index is 0.767. The predicted molar refractivity (Wildman–Crippen MR) is 67.9 cm³/mol. The molecule has 0 aliphatic carbocycles. The SMILES string of the molecule is CCc1c(C)n(CCOC)c2ccccc12. The number of ether oxygens (including phenoxy) is 1. The maximum atomic E-state index is 5.17. The number of aryl methyl sites for hydroxylation is 1. The lowest BCUT2D eigenvalue weighted by molar-refractivity contribution is 0.188. The zero-order valence-electron chi connectivity index (χ0n) is 10.3. The van der Waals surface area contributed by atoms with Crippen molar-refractivity contribution in [1.82, 2.24) is 4.57 Å². The van der Waals surface area contributed by atoms with Crippen molar-refractivity contribution >= 4 is 10.9 Å². The number of nitrogens with zero attached hydrogens (tertiary/aromatic N) is 1. The van der Waals surface area contributed by atoms with Crippen LogP contribution in [-0.4, -0.2) is 18.3 Å². The second-order valence-electron chi connectivity index (χ2n) is 4.08. The third-order valence-electron chi connectivity index (χ3n) is 3.23. The first-order valence-corrected chi connectivity index (χ1v) is 5.85. The molecule has 2 aromatic rings. The van der Waals surface area contributed by atoms with Gasteiger partial charge in [-0.2, -0.15) is 0 Å². The van der Waals surface area contributed by atoms with Gasteiger partial charge in [-0.3, -0.25) is 0 Å². The smallest absolute Gasteiger partial charge is 0.0642 e. The van der Waals surface area contributed by atoms with Gasteiger partial charge in [-0.05, 0) is 25.0 Å². The Morgan fingerprint density at radius 1 is 1.25 bits per heavy atom. The summed E-state index contributed by atoms with van der Waals surface area (Å²) in [5, 5.41) is 1.39. The molecule has 0 atom stereocenters. The molecule has 1 heterocycles. The summed E-state index contributed by atoms with van der Waals surface area (Å²) >= 11 is 0. The molecule has 1 aromatic heterocycles. The summed E-state index contributed by atoms with van der Waals surface area (Å²) in [4.78, 5) is 0. The molecule has 0 unspecified atom stereocenters. The van der Waals surface area contributed by atoms with E-state index in [9.17, 15) is 0 Å². The van der Waals surface area contributed by atoms with Gasteiger partial charge in [-0.15, -0.1) is 0 Å². The molecule has 1 aromatic carbocycles. The number of para-hydroxylation sites is 1. The fraction of sp³-hybridized carbons (Fsp3) is 0.429. The van der Waals surface area contributed by atoms with Crippen LogP contribution in [0.5, 0.6) is 0 Å². The molecule has 0 saturated carbocycles. The monoisotopic (exact) mass is 217 g/mol. The average molecular weight is 217 g/mol. The van der Waals surface area contributed by atoms with Crippen molar-refractivity contribution < 1.29 is 4.74 Å². The minimum atomic E-state index is 0.767. The first kappa shape index (κ1) is 11.2. The molecule has 0 N–H and O–H groups in total. The lowest BCUT2D eigenvalue weighted by Crippen LogP contribution is -2.05. The van der Waals surface area contributed by atoms with Gasteiger partial charge in [0.1, 0.15) is 0 Å². The maximum absolute atomic E-state index is 5.17. The van der Waals surface area contributed by atoms with Crippen molar-refractivity contribution in [3.63, 3.8) is 0 Å². The number of benzene rings is 1. The zero-order valence-corrected chi connectivity index (χ0v) is 10.3. The van der Waals surface area contributed by atoms with E-state index in [4.69, 9.17) is 4.74 Å². The third-order valence-corrected chi connectivity index (χ3v) is 3.23. The van der Waals surface area contributed by atoms with E-state index in [1.54, 1.807) is 7.11 Å². The normalized spacial score (nSPS) is 11.2. The number of hydrogen-bond acceptors (Lipinski definition) is 1. The van der Waals surface area contributed by atoms with Crippen molar-refractivity contribution in [2.24, 2.45) is 0 Å². The molecular formula is C14H19NO. The van der Waals surface area contributed by atoms with E-state index in [2.05, 4.69) is 42.7 Å². The molecular weight excluding hydrogens is 198 g/mol. The van der Waals surface area contributed by atoms with Crippen LogP contribution in [-0.2, 0) is 17.7 Å². The Morgan fingerprint density at radius 3 is 2.69 bits per heavy atom. The second-order valence-corrected chi connectivity index (χ2v) is 4.08. The molecule has 0 bridgehead atoms. The third kappa shape index (κ3) is 1.74. The molecule has 0 aliphatic rings. The Balaban J connectivity index is 2.58. The predicted octanol–water partition coefficient (Wildman–Crippen LogP) is 3.16. The first-order valence-electron chi connectivity index (χ1n) is 5.85. The summed E-state index contributed by atoms with van der Waals surface area (Å²) in [6, 6.07) is 8.62. The highest BCUT2D eigenvalue weighted by atomic mass is 16.5. The summed E-state index contributed by atoms with van der Waals surface area (Å²) < 4.78 is 7.53.